The fraction of sp³-hybridized carbons (Fsp3) is 0.688. The van der Waals surface area contributed by atoms with Gasteiger partial charge in [-0.05, 0) is 27.7 Å². The largest absolute Gasteiger partial charge is 0.491 e. The highest BCUT2D eigenvalue weighted by Gasteiger charge is 2.11. The number of pyridine rings is 1. The zero-order valence-electron chi connectivity index (χ0n) is 13.9. The van der Waals surface area contributed by atoms with Crippen molar-refractivity contribution in [2.75, 3.05) is 33.5 Å². The van der Waals surface area contributed by atoms with Gasteiger partial charge in [-0.15, -0.1) is 0 Å². The van der Waals surface area contributed by atoms with E-state index >= 15 is 0 Å². The monoisotopic (exact) mass is 296 g/mol. The van der Waals surface area contributed by atoms with E-state index in [1.165, 1.54) is 0 Å². The van der Waals surface area contributed by atoms with Gasteiger partial charge in [0.1, 0.15) is 12.4 Å². The van der Waals surface area contributed by atoms with Gasteiger partial charge in [-0.25, -0.2) is 0 Å². The van der Waals surface area contributed by atoms with Crippen molar-refractivity contribution < 1.29 is 14.2 Å². The second kappa shape index (κ2) is 8.97. The fourth-order valence-electron chi connectivity index (χ4n) is 1.65. The van der Waals surface area contributed by atoms with E-state index in [0.29, 0.717) is 26.4 Å². The molecule has 1 N–H and O–H groups in total. The fourth-order valence-corrected chi connectivity index (χ4v) is 1.65. The maximum atomic E-state index is 5.82. The summed E-state index contributed by atoms with van der Waals surface area (Å²) in [4.78, 5) is 4.34. The molecule has 0 atom stereocenters. The number of hydrogen-bond acceptors (Lipinski definition) is 5. The third-order valence-corrected chi connectivity index (χ3v) is 2.81. The first kappa shape index (κ1) is 17.9. The summed E-state index contributed by atoms with van der Waals surface area (Å²) >= 11 is 0. The number of rotatable bonds is 9. The molecule has 5 heteroatoms. The molecule has 1 aromatic heterocycles. The van der Waals surface area contributed by atoms with E-state index in [1.54, 1.807) is 7.11 Å². The first-order valence-corrected chi connectivity index (χ1v) is 7.32. The molecule has 0 aliphatic heterocycles. The Morgan fingerprint density at radius 3 is 2.52 bits per heavy atom. The predicted molar refractivity (Wildman–Crippen MR) is 83.8 cm³/mol. The van der Waals surface area contributed by atoms with Gasteiger partial charge in [0.15, 0.2) is 0 Å². The quantitative estimate of drug-likeness (QED) is 0.709. The van der Waals surface area contributed by atoms with Crippen LogP contribution in [0, 0.1) is 6.92 Å². The van der Waals surface area contributed by atoms with E-state index in [4.69, 9.17) is 14.2 Å². The smallest absolute Gasteiger partial charge is 0.127 e. The molecule has 0 unspecified atom stereocenters. The van der Waals surface area contributed by atoms with Crippen molar-refractivity contribution in [2.45, 2.75) is 39.8 Å². The van der Waals surface area contributed by atoms with Crippen molar-refractivity contribution in [1.29, 1.82) is 0 Å². The molecule has 0 fully saturated rings. The lowest BCUT2D eigenvalue weighted by Gasteiger charge is -2.21. The Bertz CT molecular complexity index is 416. The summed E-state index contributed by atoms with van der Waals surface area (Å²) in [7, 11) is 1.66. The molecule has 0 aromatic carbocycles. The Hall–Kier alpha value is -1.17. The van der Waals surface area contributed by atoms with Gasteiger partial charge in [-0.2, -0.15) is 0 Å². The molecule has 5 nitrogen and oxygen atoms in total. The highest BCUT2D eigenvalue weighted by molar-refractivity contribution is 5.32. The minimum atomic E-state index is 0.0609. The number of methoxy groups -OCH3 is 1. The average molecular weight is 296 g/mol. The maximum absolute atomic E-state index is 5.82. The van der Waals surface area contributed by atoms with Crippen molar-refractivity contribution in [1.82, 2.24) is 10.3 Å². The van der Waals surface area contributed by atoms with Crippen LogP contribution in [0.4, 0.5) is 0 Å². The van der Waals surface area contributed by atoms with E-state index in [0.717, 1.165) is 23.6 Å². The molecule has 1 heterocycles. The molecule has 0 radical (unpaired) electrons. The summed E-state index contributed by atoms with van der Waals surface area (Å²) in [5.41, 5.74) is 2.07. The topological polar surface area (TPSA) is 52.6 Å². The van der Waals surface area contributed by atoms with E-state index < -0.39 is 0 Å². The average Bonchev–Trinajstić information content (AvgIpc) is 2.40. The summed E-state index contributed by atoms with van der Waals surface area (Å²) in [5.74, 6) is 0.870. The molecule has 0 amide bonds. The van der Waals surface area contributed by atoms with Crippen LogP contribution in [0.5, 0.6) is 5.75 Å². The van der Waals surface area contributed by atoms with Crippen LogP contribution in [0.3, 0.4) is 0 Å². The number of hydrogen-bond donors (Lipinski definition) is 1. The molecule has 0 aliphatic carbocycles. The predicted octanol–water partition coefficient (Wildman–Crippen LogP) is 2.32. The zero-order valence-corrected chi connectivity index (χ0v) is 13.9. The molecule has 0 bridgehead atoms. The number of aromatic nitrogens is 1. The van der Waals surface area contributed by atoms with E-state index in [9.17, 15) is 0 Å². The van der Waals surface area contributed by atoms with E-state index in [1.807, 2.05) is 19.2 Å². The molecule has 0 spiro atoms. The Morgan fingerprint density at radius 1 is 1.14 bits per heavy atom. The first-order chi connectivity index (χ1) is 9.92. The second-order valence-electron chi connectivity index (χ2n) is 5.99. The molecule has 1 aromatic rings. The lowest BCUT2D eigenvalue weighted by Crippen LogP contribution is -2.35. The molecule has 120 valence electrons. The van der Waals surface area contributed by atoms with Gasteiger partial charge in [-0.3, -0.25) is 4.98 Å². The van der Waals surface area contributed by atoms with Crippen LogP contribution in [0.15, 0.2) is 12.3 Å². The SMILES string of the molecule is COCCOCCOc1cc(C)ncc1CNC(C)(C)C. The lowest BCUT2D eigenvalue weighted by atomic mass is 10.1. The number of aryl methyl sites for hydroxylation is 1. The third-order valence-electron chi connectivity index (χ3n) is 2.81. The van der Waals surface area contributed by atoms with Crippen LogP contribution >= 0.6 is 0 Å². The van der Waals surface area contributed by atoms with Crippen LogP contribution in [-0.4, -0.2) is 44.1 Å². The van der Waals surface area contributed by atoms with Gasteiger partial charge in [0.2, 0.25) is 0 Å². The van der Waals surface area contributed by atoms with Crippen molar-refractivity contribution in [2.24, 2.45) is 0 Å². The summed E-state index contributed by atoms with van der Waals surface area (Å²) in [5, 5.41) is 3.45. The molecular formula is C16H28N2O3. The molecule has 1 rings (SSSR count). The molecule has 0 aliphatic rings. The van der Waals surface area contributed by atoms with Gasteiger partial charge >= 0.3 is 0 Å². The normalized spacial score (nSPS) is 11.7. The maximum Gasteiger partial charge on any atom is 0.127 e. The van der Waals surface area contributed by atoms with Crippen LogP contribution in [0.1, 0.15) is 32.0 Å². The van der Waals surface area contributed by atoms with Gasteiger partial charge < -0.3 is 19.5 Å². The number of nitrogens with one attached hydrogen (secondary N) is 1. The molecule has 21 heavy (non-hydrogen) atoms. The minimum Gasteiger partial charge on any atom is -0.491 e. The van der Waals surface area contributed by atoms with Crippen molar-refractivity contribution in [3.05, 3.63) is 23.5 Å². The molecule has 0 saturated heterocycles. The van der Waals surface area contributed by atoms with E-state index in [-0.39, 0.29) is 5.54 Å². The number of nitrogens with zero attached hydrogens (tertiary/aromatic N) is 1. The third kappa shape index (κ3) is 7.99. The van der Waals surface area contributed by atoms with Crippen LogP contribution in [0.25, 0.3) is 0 Å². The van der Waals surface area contributed by atoms with Gasteiger partial charge in [0.05, 0.1) is 19.8 Å². The van der Waals surface area contributed by atoms with Crippen molar-refractivity contribution in [3.8, 4) is 5.75 Å². The second-order valence-corrected chi connectivity index (χ2v) is 5.99. The van der Waals surface area contributed by atoms with Gasteiger partial charge in [0, 0.05) is 42.7 Å². The van der Waals surface area contributed by atoms with Gasteiger partial charge in [-0.1, -0.05) is 0 Å². The highest BCUT2D eigenvalue weighted by atomic mass is 16.5. The summed E-state index contributed by atoms with van der Waals surface area (Å²) in [6.07, 6.45) is 1.87. The minimum absolute atomic E-state index is 0.0609. The first-order valence-electron chi connectivity index (χ1n) is 7.32. The lowest BCUT2D eigenvalue weighted by molar-refractivity contribution is 0.0542. The van der Waals surface area contributed by atoms with Gasteiger partial charge in [0.25, 0.3) is 0 Å². The molecule has 0 saturated carbocycles. The van der Waals surface area contributed by atoms with Crippen LogP contribution in [-0.2, 0) is 16.0 Å². The van der Waals surface area contributed by atoms with Crippen LogP contribution < -0.4 is 10.1 Å². The zero-order chi connectivity index (χ0) is 15.7. The molecular weight excluding hydrogens is 268 g/mol. The standard InChI is InChI=1S/C16H28N2O3/c1-13-10-15(21-9-8-20-7-6-19-5)14(11-17-13)12-18-16(2,3)4/h10-11,18H,6-9,12H2,1-5H3. The highest BCUT2D eigenvalue weighted by Crippen LogP contribution is 2.19. The Morgan fingerprint density at radius 2 is 1.86 bits per heavy atom. The number of ether oxygens (including phenoxy) is 3. The Labute approximate surface area is 128 Å². The summed E-state index contributed by atoms with van der Waals surface area (Å²) in [6.45, 7) is 11.4. The van der Waals surface area contributed by atoms with E-state index in [2.05, 4.69) is 31.1 Å². The van der Waals surface area contributed by atoms with Crippen molar-refractivity contribution in [3.63, 3.8) is 0 Å². The Balaban J connectivity index is 2.49. The van der Waals surface area contributed by atoms with Crippen LogP contribution in [0.2, 0.25) is 0 Å². The summed E-state index contributed by atoms with van der Waals surface area (Å²) < 4.78 is 16.1. The Kier molecular flexibility index (Phi) is 7.64. The van der Waals surface area contributed by atoms with Crippen molar-refractivity contribution >= 4 is 0 Å². The summed E-state index contributed by atoms with van der Waals surface area (Å²) in [6, 6.07) is 1.97.